The number of carbonyl (C=O) groups excluding carboxylic acids is 4. The number of benzene rings is 1. The number of ketones is 1. The Kier molecular flexibility index (Phi) is 10.9. The maximum Gasteiger partial charge on any atom is 0.348 e. The number of aromatic amines is 1. The minimum Gasteiger partial charge on any atom is -0.496 e. The average Bonchev–Trinajstić information content (AvgIpc) is 3.55. The molecule has 1 saturated heterocycles. The Hall–Kier alpha value is -4.13. The van der Waals surface area contributed by atoms with E-state index in [0.29, 0.717) is 37.3 Å². The lowest BCUT2D eigenvalue weighted by molar-refractivity contribution is -0.138. The predicted octanol–water partition coefficient (Wildman–Crippen LogP) is 3.83. The molecule has 1 aromatic carbocycles. The van der Waals surface area contributed by atoms with Crippen LogP contribution in [-0.4, -0.2) is 54.9 Å². The van der Waals surface area contributed by atoms with Crippen molar-refractivity contribution in [2.45, 2.75) is 58.9 Å². The highest BCUT2D eigenvalue weighted by Gasteiger charge is 2.31. The number of nitriles is 1. The zero-order valence-corrected chi connectivity index (χ0v) is 23.5. The molecule has 1 aliphatic rings. The molecule has 3 unspecified atom stereocenters. The quantitative estimate of drug-likeness (QED) is 0.140. The van der Waals surface area contributed by atoms with Crippen molar-refractivity contribution >= 4 is 34.5 Å². The second kappa shape index (κ2) is 14.3. The first-order valence-electron chi connectivity index (χ1n) is 13.7. The van der Waals surface area contributed by atoms with Gasteiger partial charge in [0, 0.05) is 41.7 Å². The van der Waals surface area contributed by atoms with Crippen LogP contribution in [0.4, 0.5) is 0 Å². The molecule has 2 amide bonds. The molecule has 3 N–H and O–H groups in total. The molecule has 0 saturated carbocycles. The summed E-state index contributed by atoms with van der Waals surface area (Å²) < 4.78 is 10.5. The van der Waals surface area contributed by atoms with Crippen molar-refractivity contribution < 1.29 is 28.7 Å². The lowest BCUT2D eigenvalue weighted by Gasteiger charge is -2.23. The first-order valence-corrected chi connectivity index (χ1v) is 13.7. The van der Waals surface area contributed by atoms with Crippen molar-refractivity contribution in [3.63, 3.8) is 0 Å². The molecule has 1 aliphatic heterocycles. The number of Topliss-reactive ketones (excluding diaryl/α,β-unsaturated/α-hetero) is 1. The Morgan fingerprint density at radius 3 is 2.67 bits per heavy atom. The third kappa shape index (κ3) is 7.94. The third-order valence-electron chi connectivity index (χ3n) is 6.88. The molecule has 1 aromatic heterocycles. The molecule has 0 bridgehead atoms. The molecule has 214 valence electrons. The molecule has 10 heteroatoms. The van der Waals surface area contributed by atoms with Crippen LogP contribution in [0, 0.1) is 29.1 Å². The number of aromatic nitrogens is 1. The van der Waals surface area contributed by atoms with Crippen LogP contribution in [0.5, 0.6) is 5.75 Å². The highest BCUT2D eigenvalue weighted by Crippen LogP contribution is 2.28. The number of fused-ring (bicyclic) bond motifs is 1. The minimum absolute atomic E-state index is 0.0385. The van der Waals surface area contributed by atoms with Crippen molar-refractivity contribution in [2.24, 2.45) is 17.8 Å². The second-order valence-corrected chi connectivity index (χ2v) is 10.5. The Balaban J connectivity index is 1.83. The Bertz CT molecular complexity index is 1300. The first-order chi connectivity index (χ1) is 19.2. The number of methoxy groups -OCH3 is 1. The fourth-order valence-electron chi connectivity index (χ4n) is 4.91. The molecule has 0 spiro atoms. The summed E-state index contributed by atoms with van der Waals surface area (Å²) in [6.45, 7) is 6.47. The van der Waals surface area contributed by atoms with Crippen molar-refractivity contribution in [3.8, 4) is 11.8 Å². The summed E-state index contributed by atoms with van der Waals surface area (Å²) in [5.74, 6) is -1.78. The van der Waals surface area contributed by atoms with Gasteiger partial charge in [-0.1, -0.05) is 26.8 Å². The maximum atomic E-state index is 13.6. The number of H-pyrrole nitrogens is 1. The van der Waals surface area contributed by atoms with E-state index in [9.17, 15) is 24.4 Å². The van der Waals surface area contributed by atoms with Gasteiger partial charge in [-0.15, -0.1) is 0 Å². The fourth-order valence-corrected chi connectivity index (χ4v) is 4.91. The minimum atomic E-state index is -0.775. The SMILES string of the molecule is CCCOC(=O)/C(C#N)=C\C(CC1CCNC1=O)NC(=O)C(CC(=O)c1cc2c(OC)cccc2[nH]1)CC(C)C. The van der Waals surface area contributed by atoms with E-state index >= 15 is 0 Å². The molecule has 40 heavy (non-hydrogen) atoms. The summed E-state index contributed by atoms with van der Waals surface area (Å²) in [6, 6.07) is 8.30. The maximum absolute atomic E-state index is 13.6. The monoisotopic (exact) mass is 550 g/mol. The number of esters is 1. The Morgan fingerprint density at radius 2 is 2.05 bits per heavy atom. The summed E-state index contributed by atoms with van der Waals surface area (Å²) in [5.41, 5.74) is 0.901. The van der Waals surface area contributed by atoms with Crippen molar-refractivity contribution in [1.82, 2.24) is 15.6 Å². The van der Waals surface area contributed by atoms with Gasteiger partial charge in [-0.2, -0.15) is 5.26 Å². The summed E-state index contributed by atoms with van der Waals surface area (Å²) >= 11 is 0. The van der Waals surface area contributed by atoms with E-state index in [1.54, 1.807) is 13.2 Å². The second-order valence-electron chi connectivity index (χ2n) is 10.5. The van der Waals surface area contributed by atoms with Crippen LogP contribution < -0.4 is 15.4 Å². The molecule has 1 fully saturated rings. The van der Waals surface area contributed by atoms with E-state index in [1.807, 2.05) is 45.0 Å². The molecule has 3 atom stereocenters. The van der Waals surface area contributed by atoms with Gasteiger partial charge < -0.3 is 25.1 Å². The zero-order valence-electron chi connectivity index (χ0n) is 23.5. The van der Waals surface area contributed by atoms with Gasteiger partial charge in [-0.25, -0.2) is 4.79 Å². The molecule has 3 rings (SSSR count). The van der Waals surface area contributed by atoms with E-state index in [4.69, 9.17) is 9.47 Å². The van der Waals surface area contributed by atoms with Gasteiger partial charge in [0.2, 0.25) is 11.8 Å². The van der Waals surface area contributed by atoms with Gasteiger partial charge >= 0.3 is 5.97 Å². The highest BCUT2D eigenvalue weighted by molar-refractivity contribution is 6.02. The number of hydrogen-bond acceptors (Lipinski definition) is 7. The summed E-state index contributed by atoms with van der Waals surface area (Å²) in [4.78, 5) is 54.7. The van der Waals surface area contributed by atoms with Gasteiger partial charge in [0.25, 0.3) is 0 Å². The van der Waals surface area contributed by atoms with Crippen LogP contribution in [0.2, 0.25) is 0 Å². The number of ether oxygens (including phenoxy) is 2. The summed E-state index contributed by atoms with van der Waals surface area (Å²) in [6.07, 6.45) is 3.17. The normalized spacial score (nSPS) is 16.8. The summed E-state index contributed by atoms with van der Waals surface area (Å²) in [7, 11) is 1.56. The van der Waals surface area contributed by atoms with Gasteiger partial charge in [0.15, 0.2) is 5.78 Å². The molecule has 10 nitrogen and oxygen atoms in total. The van der Waals surface area contributed by atoms with Crippen LogP contribution in [0.3, 0.4) is 0 Å². The zero-order chi connectivity index (χ0) is 29.2. The highest BCUT2D eigenvalue weighted by atomic mass is 16.5. The third-order valence-corrected chi connectivity index (χ3v) is 6.88. The van der Waals surface area contributed by atoms with E-state index in [-0.39, 0.29) is 54.5 Å². The lowest BCUT2D eigenvalue weighted by atomic mass is 9.90. The molecule has 0 aliphatic carbocycles. The predicted molar refractivity (Wildman–Crippen MR) is 149 cm³/mol. The van der Waals surface area contributed by atoms with Crippen LogP contribution in [0.15, 0.2) is 35.9 Å². The fraction of sp³-hybridized carbons (Fsp3) is 0.500. The van der Waals surface area contributed by atoms with Gasteiger partial charge in [0.1, 0.15) is 17.4 Å². The van der Waals surface area contributed by atoms with Crippen LogP contribution in [0.25, 0.3) is 10.9 Å². The van der Waals surface area contributed by atoms with E-state index in [1.165, 1.54) is 6.08 Å². The topological polar surface area (TPSA) is 150 Å². The number of hydrogen-bond donors (Lipinski definition) is 3. The van der Waals surface area contributed by atoms with E-state index < -0.39 is 17.9 Å². The molecular formula is C30H38N4O6. The van der Waals surface area contributed by atoms with Gasteiger partial charge in [-0.3, -0.25) is 14.4 Å². The molecule has 0 radical (unpaired) electrons. The van der Waals surface area contributed by atoms with E-state index in [2.05, 4.69) is 15.6 Å². The smallest absolute Gasteiger partial charge is 0.348 e. The molecule has 2 aromatic rings. The number of nitrogens with zero attached hydrogens (tertiary/aromatic N) is 1. The Labute approximate surface area is 234 Å². The van der Waals surface area contributed by atoms with Crippen molar-refractivity contribution in [1.29, 1.82) is 5.26 Å². The number of carbonyl (C=O) groups is 4. The lowest BCUT2D eigenvalue weighted by Crippen LogP contribution is -2.41. The molecule has 2 heterocycles. The standard InChI is InChI=1S/C30H38N4O6/c1-5-11-40-30(38)21(17-31)14-22(13-19-9-10-32-28(19)36)33-29(37)20(12-18(2)3)15-26(35)25-16-23-24(34-25)7-6-8-27(23)39-4/h6-8,14,16,18-20,22,34H,5,9-13,15H2,1-4H3,(H,32,36)(H,33,37)/b21-14-. The number of nitrogens with one attached hydrogen (secondary N) is 3. The van der Waals surface area contributed by atoms with E-state index in [0.717, 1.165) is 10.9 Å². The average molecular weight is 551 g/mol. The summed E-state index contributed by atoms with van der Waals surface area (Å²) in [5, 5.41) is 16.1. The van der Waals surface area contributed by atoms with Gasteiger partial charge in [0.05, 0.1) is 19.4 Å². The first kappa shape index (κ1) is 30.4. The number of amides is 2. The van der Waals surface area contributed by atoms with Crippen LogP contribution in [0.1, 0.15) is 63.4 Å². The molecular weight excluding hydrogens is 512 g/mol. The Morgan fingerprint density at radius 1 is 1.27 bits per heavy atom. The van der Waals surface area contributed by atoms with Crippen molar-refractivity contribution in [2.75, 3.05) is 20.3 Å². The van der Waals surface area contributed by atoms with Crippen LogP contribution in [-0.2, 0) is 19.1 Å². The van der Waals surface area contributed by atoms with Crippen LogP contribution >= 0.6 is 0 Å². The van der Waals surface area contributed by atoms with Crippen molar-refractivity contribution in [3.05, 3.63) is 41.6 Å². The largest absolute Gasteiger partial charge is 0.496 e. The van der Waals surface area contributed by atoms with Gasteiger partial charge in [-0.05, 0) is 55.9 Å². The number of rotatable bonds is 14.